The molecule has 0 bridgehead atoms. The first kappa shape index (κ1) is 22.6. The van der Waals surface area contributed by atoms with Gasteiger partial charge in [0.15, 0.2) is 0 Å². The van der Waals surface area contributed by atoms with Crippen LogP contribution in [-0.4, -0.2) is 27.9 Å². The summed E-state index contributed by atoms with van der Waals surface area (Å²) >= 11 is 1.28. The minimum Gasteiger partial charge on any atom is -0.411 e. The Hall–Kier alpha value is -3.13. The first-order chi connectivity index (χ1) is 14.8. The molecule has 0 aliphatic heterocycles. The highest BCUT2D eigenvalue weighted by Crippen LogP contribution is 2.27. The normalized spacial score (nSPS) is 11.2. The zero-order valence-corrected chi connectivity index (χ0v) is 18.7. The lowest BCUT2D eigenvalue weighted by atomic mass is 9.87. The average Bonchev–Trinajstić information content (AvgIpc) is 3.21. The van der Waals surface area contributed by atoms with E-state index in [1.54, 1.807) is 0 Å². The largest absolute Gasteiger partial charge is 0.411 e. The van der Waals surface area contributed by atoms with Crippen molar-refractivity contribution in [3.63, 3.8) is 0 Å². The van der Waals surface area contributed by atoms with E-state index >= 15 is 0 Å². The van der Waals surface area contributed by atoms with Crippen LogP contribution in [0.1, 0.15) is 38.3 Å². The first-order valence-electron chi connectivity index (χ1n) is 10.00. The molecule has 0 radical (unpaired) electrons. The van der Waals surface area contributed by atoms with Crippen LogP contribution in [0.15, 0.2) is 64.2 Å². The van der Waals surface area contributed by atoms with Crippen LogP contribution >= 0.6 is 11.8 Å². The Labute approximate surface area is 186 Å². The number of carbonyl (C=O) groups excluding carboxylic acids is 2. The Morgan fingerprint density at radius 1 is 1.00 bits per heavy atom. The maximum absolute atomic E-state index is 11.9. The molecule has 0 saturated carbocycles. The lowest BCUT2D eigenvalue weighted by Crippen LogP contribution is -2.39. The van der Waals surface area contributed by atoms with E-state index in [-0.39, 0.29) is 17.7 Å². The van der Waals surface area contributed by atoms with Crippen LogP contribution in [0.3, 0.4) is 0 Å². The third-order valence-corrected chi connectivity index (χ3v) is 5.33. The molecule has 2 aromatic carbocycles. The number of thioether (sulfide) groups is 1. The Balaban J connectivity index is 1.41. The third kappa shape index (κ3) is 6.96. The molecule has 0 atom stereocenters. The van der Waals surface area contributed by atoms with Crippen molar-refractivity contribution in [2.24, 2.45) is 0 Å². The van der Waals surface area contributed by atoms with Crippen molar-refractivity contribution in [3.8, 4) is 11.5 Å². The molecule has 1 aromatic heterocycles. The van der Waals surface area contributed by atoms with Gasteiger partial charge in [-0.05, 0) is 28.7 Å². The van der Waals surface area contributed by atoms with Gasteiger partial charge < -0.3 is 9.73 Å². The second-order valence-corrected chi connectivity index (χ2v) is 9.06. The van der Waals surface area contributed by atoms with Gasteiger partial charge in [-0.15, -0.1) is 10.2 Å². The molecule has 0 aliphatic carbocycles. The molecule has 8 heteroatoms. The van der Waals surface area contributed by atoms with E-state index in [9.17, 15) is 9.59 Å². The van der Waals surface area contributed by atoms with Gasteiger partial charge in [-0.2, -0.15) is 0 Å². The summed E-state index contributed by atoms with van der Waals surface area (Å²) in [5.74, 6) is 0.492. The predicted molar refractivity (Wildman–Crippen MR) is 121 cm³/mol. The fourth-order valence-corrected chi connectivity index (χ4v) is 3.44. The number of amides is 3. The van der Waals surface area contributed by atoms with E-state index in [0.29, 0.717) is 23.4 Å². The number of imide groups is 1. The number of hydrogen-bond acceptors (Lipinski definition) is 6. The highest BCUT2D eigenvalue weighted by Gasteiger charge is 2.15. The standard InChI is InChI=1S/C23H26N4O3S/c1-23(2,3)18-11-9-17(10-12-18)20-26-27-22(30-20)31-14-13-19(28)25-21(29)24-15-16-7-5-4-6-8-16/h4-12H,13-15H2,1-3H3,(H2,24,25,28,29). The second-order valence-electron chi connectivity index (χ2n) is 8.02. The number of benzene rings is 2. The summed E-state index contributed by atoms with van der Waals surface area (Å²) in [6, 6.07) is 17.0. The summed E-state index contributed by atoms with van der Waals surface area (Å²) in [6.07, 6.45) is 0.154. The molecule has 1 heterocycles. The van der Waals surface area contributed by atoms with Gasteiger partial charge in [0.1, 0.15) is 0 Å². The van der Waals surface area contributed by atoms with Crippen LogP contribution in [0.5, 0.6) is 0 Å². The van der Waals surface area contributed by atoms with Gasteiger partial charge in [0.25, 0.3) is 5.22 Å². The number of carbonyl (C=O) groups is 2. The van der Waals surface area contributed by atoms with Crippen LogP contribution in [0.2, 0.25) is 0 Å². The molecular weight excluding hydrogens is 412 g/mol. The third-order valence-electron chi connectivity index (χ3n) is 4.51. The molecule has 3 rings (SSSR count). The number of aromatic nitrogens is 2. The van der Waals surface area contributed by atoms with Crippen molar-refractivity contribution in [1.82, 2.24) is 20.8 Å². The van der Waals surface area contributed by atoms with Gasteiger partial charge in [0, 0.05) is 24.3 Å². The van der Waals surface area contributed by atoms with Crippen molar-refractivity contribution in [1.29, 1.82) is 0 Å². The molecule has 0 spiro atoms. The molecule has 0 saturated heterocycles. The molecule has 2 N–H and O–H groups in total. The zero-order valence-electron chi connectivity index (χ0n) is 17.8. The lowest BCUT2D eigenvalue weighted by Gasteiger charge is -2.18. The summed E-state index contributed by atoms with van der Waals surface area (Å²) in [5.41, 5.74) is 3.11. The van der Waals surface area contributed by atoms with Crippen molar-refractivity contribution in [2.45, 2.75) is 44.4 Å². The average molecular weight is 439 g/mol. The first-order valence-corrected chi connectivity index (χ1v) is 11.0. The fraction of sp³-hybridized carbons (Fsp3) is 0.304. The van der Waals surface area contributed by atoms with Gasteiger partial charge in [0.2, 0.25) is 11.8 Å². The van der Waals surface area contributed by atoms with E-state index in [4.69, 9.17) is 4.42 Å². The van der Waals surface area contributed by atoms with E-state index in [0.717, 1.165) is 11.1 Å². The smallest absolute Gasteiger partial charge is 0.321 e. The predicted octanol–water partition coefficient (Wildman–Crippen LogP) is 4.54. The monoisotopic (exact) mass is 438 g/mol. The Kier molecular flexibility index (Phi) is 7.46. The number of nitrogens with zero attached hydrogens (tertiary/aromatic N) is 2. The van der Waals surface area contributed by atoms with E-state index < -0.39 is 6.03 Å². The van der Waals surface area contributed by atoms with Gasteiger partial charge in [0.05, 0.1) is 0 Å². The minimum absolute atomic E-state index is 0.0768. The highest BCUT2D eigenvalue weighted by molar-refractivity contribution is 7.99. The molecule has 0 unspecified atom stereocenters. The minimum atomic E-state index is -0.516. The number of urea groups is 1. The van der Waals surface area contributed by atoms with Crippen LogP contribution in [0.4, 0.5) is 4.79 Å². The summed E-state index contributed by atoms with van der Waals surface area (Å²) in [5, 5.41) is 13.5. The quantitative estimate of drug-likeness (QED) is 0.526. The van der Waals surface area contributed by atoms with Gasteiger partial charge in [-0.1, -0.05) is 75.0 Å². The summed E-state index contributed by atoms with van der Waals surface area (Å²) in [4.78, 5) is 23.8. The molecule has 7 nitrogen and oxygen atoms in total. The number of nitrogens with one attached hydrogen (secondary N) is 2. The molecular formula is C23H26N4O3S. The van der Waals surface area contributed by atoms with Crippen LogP contribution in [-0.2, 0) is 16.8 Å². The molecule has 0 fully saturated rings. The van der Waals surface area contributed by atoms with Crippen molar-refractivity contribution in [2.75, 3.05) is 5.75 Å². The maximum atomic E-state index is 11.9. The van der Waals surface area contributed by atoms with Crippen LogP contribution in [0.25, 0.3) is 11.5 Å². The maximum Gasteiger partial charge on any atom is 0.321 e. The topological polar surface area (TPSA) is 97.1 Å². The number of hydrogen-bond donors (Lipinski definition) is 2. The number of rotatable bonds is 7. The molecule has 0 aliphatic rings. The fourth-order valence-electron chi connectivity index (χ4n) is 2.74. The molecule has 3 amide bonds. The zero-order chi connectivity index (χ0) is 22.3. The van der Waals surface area contributed by atoms with Gasteiger partial charge >= 0.3 is 6.03 Å². The summed E-state index contributed by atoms with van der Waals surface area (Å²) in [6.45, 7) is 6.84. The van der Waals surface area contributed by atoms with Crippen LogP contribution in [0, 0.1) is 0 Å². The Morgan fingerprint density at radius 3 is 2.39 bits per heavy atom. The SMILES string of the molecule is CC(C)(C)c1ccc(-c2nnc(SCCC(=O)NC(=O)NCc3ccccc3)o2)cc1. The summed E-state index contributed by atoms with van der Waals surface area (Å²) < 4.78 is 5.68. The Bertz CT molecular complexity index is 1010. The summed E-state index contributed by atoms with van der Waals surface area (Å²) in [7, 11) is 0. The van der Waals surface area contributed by atoms with E-state index in [2.05, 4.69) is 53.7 Å². The van der Waals surface area contributed by atoms with Crippen LogP contribution < -0.4 is 10.6 Å². The van der Waals surface area contributed by atoms with E-state index in [1.807, 2.05) is 42.5 Å². The molecule has 162 valence electrons. The van der Waals surface area contributed by atoms with Crippen molar-refractivity contribution >= 4 is 23.7 Å². The van der Waals surface area contributed by atoms with Gasteiger partial charge in [-0.3, -0.25) is 10.1 Å². The highest BCUT2D eigenvalue weighted by atomic mass is 32.2. The Morgan fingerprint density at radius 2 is 1.71 bits per heavy atom. The second kappa shape index (κ2) is 10.3. The lowest BCUT2D eigenvalue weighted by molar-refractivity contribution is -0.119. The van der Waals surface area contributed by atoms with Crippen molar-refractivity contribution in [3.05, 3.63) is 65.7 Å². The van der Waals surface area contributed by atoms with Gasteiger partial charge in [-0.25, -0.2) is 4.79 Å². The molecule has 31 heavy (non-hydrogen) atoms. The van der Waals surface area contributed by atoms with Crippen molar-refractivity contribution < 1.29 is 14.0 Å². The van der Waals surface area contributed by atoms with E-state index in [1.165, 1.54) is 17.3 Å². The molecule has 3 aromatic rings.